The van der Waals surface area contributed by atoms with Gasteiger partial charge in [0.2, 0.25) is 0 Å². The van der Waals surface area contributed by atoms with Crippen LogP contribution in [0.3, 0.4) is 0 Å². The average Bonchev–Trinajstić information content (AvgIpc) is 2.16. The smallest absolute Gasteiger partial charge is 0.127 e. The van der Waals surface area contributed by atoms with Gasteiger partial charge >= 0.3 is 0 Å². The van der Waals surface area contributed by atoms with Gasteiger partial charge in [0.05, 0.1) is 6.10 Å². The number of aryl methyl sites for hydroxylation is 1. The van der Waals surface area contributed by atoms with Gasteiger partial charge < -0.3 is 10.5 Å². The van der Waals surface area contributed by atoms with Crippen molar-refractivity contribution in [3.05, 3.63) is 35.4 Å². The van der Waals surface area contributed by atoms with Crippen molar-refractivity contribution in [1.29, 1.82) is 0 Å². The van der Waals surface area contributed by atoms with Gasteiger partial charge in [-0.05, 0) is 32.4 Å². The van der Waals surface area contributed by atoms with Crippen molar-refractivity contribution in [3.63, 3.8) is 0 Å². The maximum absolute atomic E-state index is 5.73. The van der Waals surface area contributed by atoms with Crippen molar-refractivity contribution in [1.82, 2.24) is 0 Å². The minimum Gasteiger partial charge on any atom is -0.490 e. The predicted octanol–water partition coefficient (Wildman–Crippen LogP) is 2.75. The first-order chi connectivity index (χ1) is 7.15. The van der Waals surface area contributed by atoms with Crippen molar-refractivity contribution in [3.8, 4) is 5.75 Å². The topological polar surface area (TPSA) is 35.2 Å². The van der Waals surface area contributed by atoms with E-state index in [0.717, 1.165) is 11.3 Å². The van der Waals surface area contributed by atoms with Gasteiger partial charge in [0, 0.05) is 12.1 Å². The highest BCUT2D eigenvalue weighted by atomic mass is 16.5. The summed E-state index contributed by atoms with van der Waals surface area (Å²) >= 11 is 0. The fraction of sp³-hybridized carbons (Fsp3) is 0.385. The lowest BCUT2D eigenvalue weighted by atomic mass is 10.1. The number of nitrogens with two attached hydrogens (primary N) is 1. The lowest BCUT2D eigenvalue weighted by Gasteiger charge is -2.13. The van der Waals surface area contributed by atoms with Crippen molar-refractivity contribution >= 4 is 6.08 Å². The van der Waals surface area contributed by atoms with E-state index in [2.05, 4.69) is 13.0 Å². The summed E-state index contributed by atoms with van der Waals surface area (Å²) in [6, 6.07) is 6.07. The van der Waals surface area contributed by atoms with Gasteiger partial charge in [-0.2, -0.15) is 0 Å². The summed E-state index contributed by atoms with van der Waals surface area (Å²) in [5.41, 5.74) is 7.78. The summed E-state index contributed by atoms with van der Waals surface area (Å²) in [7, 11) is 0. The Hall–Kier alpha value is -1.28. The second-order valence-corrected chi connectivity index (χ2v) is 3.79. The van der Waals surface area contributed by atoms with Crippen LogP contribution in [0.2, 0.25) is 0 Å². The van der Waals surface area contributed by atoms with Gasteiger partial charge in [-0.3, -0.25) is 0 Å². The third kappa shape index (κ3) is 3.40. The Morgan fingerprint density at radius 1 is 1.40 bits per heavy atom. The number of ether oxygens (including phenoxy) is 1. The molecule has 0 amide bonds. The molecule has 0 bridgehead atoms. The zero-order chi connectivity index (χ0) is 11.3. The van der Waals surface area contributed by atoms with E-state index < -0.39 is 0 Å². The molecular formula is C13H19NO. The first-order valence-corrected chi connectivity index (χ1v) is 5.28. The quantitative estimate of drug-likeness (QED) is 0.820. The molecule has 2 heteroatoms. The lowest BCUT2D eigenvalue weighted by Crippen LogP contribution is -2.07. The van der Waals surface area contributed by atoms with E-state index in [-0.39, 0.29) is 6.10 Å². The SMILES string of the molecule is Cc1cccc(OC(C)C)c1/C=C/CN. The zero-order valence-corrected chi connectivity index (χ0v) is 9.66. The van der Waals surface area contributed by atoms with Crippen LogP contribution in [0.1, 0.15) is 25.0 Å². The summed E-state index contributed by atoms with van der Waals surface area (Å²) in [5, 5.41) is 0. The van der Waals surface area contributed by atoms with E-state index in [1.807, 2.05) is 38.1 Å². The number of rotatable bonds is 4. The van der Waals surface area contributed by atoms with Crippen molar-refractivity contribution in [2.24, 2.45) is 5.73 Å². The van der Waals surface area contributed by atoms with E-state index in [1.165, 1.54) is 5.56 Å². The predicted molar refractivity (Wildman–Crippen MR) is 65.0 cm³/mol. The van der Waals surface area contributed by atoms with Crippen LogP contribution in [0, 0.1) is 6.92 Å². The van der Waals surface area contributed by atoms with Crippen LogP contribution in [0.15, 0.2) is 24.3 Å². The molecule has 15 heavy (non-hydrogen) atoms. The third-order valence-electron chi connectivity index (χ3n) is 2.07. The maximum Gasteiger partial charge on any atom is 0.127 e. The van der Waals surface area contributed by atoms with Crippen molar-refractivity contribution in [2.45, 2.75) is 26.9 Å². The molecule has 82 valence electrons. The van der Waals surface area contributed by atoms with Crippen LogP contribution < -0.4 is 10.5 Å². The molecule has 2 N–H and O–H groups in total. The average molecular weight is 205 g/mol. The molecule has 0 saturated heterocycles. The summed E-state index contributed by atoms with van der Waals surface area (Å²) in [4.78, 5) is 0. The highest BCUT2D eigenvalue weighted by Crippen LogP contribution is 2.24. The molecule has 0 aliphatic heterocycles. The summed E-state index contributed by atoms with van der Waals surface area (Å²) in [6.07, 6.45) is 4.15. The fourth-order valence-corrected chi connectivity index (χ4v) is 1.41. The highest BCUT2D eigenvalue weighted by molar-refractivity contribution is 5.61. The van der Waals surface area contributed by atoms with Gasteiger partial charge in [0.15, 0.2) is 0 Å². The molecule has 1 aromatic rings. The molecule has 0 saturated carbocycles. The van der Waals surface area contributed by atoms with Crippen LogP contribution in [0.5, 0.6) is 5.75 Å². The minimum atomic E-state index is 0.192. The molecule has 0 aliphatic rings. The lowest BCUT2D eigenvalue weighted by molar-refractivity contribution is 0.242. The molecule has 0 unspecified atom stereocenters. The van der Waals surface area contributed by atoms with E-state index in [1.54, 1.807) is 0 Å². The molecule has 2 nitrogen and oxygen atoms in total. The van der Waals surface area contributed by atoms with Crippen LogP contribution in [0.25, 0.3) is 6.08 Å². The zero-order valence-electron chi connectivity index (χ0n) is 9.66. The van der Waals surface area contributed by atoms with E-state index in [0.29, 0.717) is 6.54 Å². The van der Waals surface area contributed by atoms with E-state index in [4.69, 9.17) is 10.5 Å². The first-order valence-electron chi connectivity index (χ1n) is 5.28. The van der Waals surface area contributed by atoms with E-state index in [9.17, 15) is 0 Å². The molecular weight excluding hydrogens is 186 g/mol. The molecule has 0 aromatic heterocycles. The Balaban J connectivity index is 3.02. The van der Waals surface area contributed by atoms with Gasteiger partial charge in [-0.15, -0.1) is 0 Å². The highest BCUT2D eigenvalue weighted by Gasteiger charge is 2.04. The van der Waals surface area contributed by atoms with Crippen LogP contribution in [-0.4, -0.2) is 12.6 Å². The van der Waals surface area contributed by atoms with Crippen LogP contribution >= 0.6 is 0 Å². The second-order valence-electron chi connectivity index (χ2n) is 3.79. The standard InChI is InChI=1S/C13H19NO/c1-10(2)15-13-8-4-6-11(3)12(13)7-5-9-14/h4-8,10H,9,14H2,1-3H3/b7-5+. The molecule has 1 aromatic carbocycles. The maximum atomic E-state index is 5.73. The van der Waals surface area contributed by atoms with Crippen molar-refractivity contribution < 1.29 is 4.74 Å². The van der Waals surface area contributed by atoms with Gasteiger partial charge in [-0.25, -0.2) is 0 Å². The Bertz CT molecular complexity index is 342. The summed E-state index contributed by atoms with van der Waals surface area (Å²) < 4.78 is 5.73. The molecule has 1 rings (SSSR count). The molecule has 0 fully saturated rings. The third-order valence-corrected chi connectivity index (χ3v) is 2.07. The number of hydrogen-bond donors (Lipinski definition) is 1. The van der Waals surface area contributed by atoms with Crippen LogP contribution in [0.4, 0.5) is 0 Å². The van der Waals surface area contributed by atoms with Crippen LogP contribution in [-0.2, 0) is 0 Å². The second kappa shape index (κ2) is 5.56. The van der Waals surface area contributed by atoms with Gasteiger partial charge in [-0.1, -0.05) is 24.3 Å². The normalized spacial score (nSPS) is 11.3. The molecule has 0 aliphatic carbocycles. The molecule has 0 spiro atoms. The Morgan fingerprint density at radius 2 is 2.13 bits per heavy atom. The number of hydrogen-bond acceptors (Lipinski definition) is 2. The number of benzene rings is 1. The molecule has 0 atom stereocenters. The largest absolute Gasteiger partial charge is 0.490 e. The summed E-state index contributed by atoms with van der Waals surface area (Å²) in [6.45, 7) is 6.68. The van der Waals surface area contributed by atoms with Gasteiger partial charge in [0.1, 0.15) is 5.75 Å². The fourth-order valence-electron chi connectivity index (χ4n) is 1.41. The monoisotopic (exact) mass is 205 g/mol. The van der Waals surface area contributed by atoms with E-state index >= 15 is 0 Å². The Morgan fingerprint density at radius 3 is 2.73 bits per heavy atom. The summed E-state index contributed by atoms with van der Waals surface area (Å²) in [5.74, 6) is 0.926. The molecule has 0 heterocycles. The first kappa shape index (κ1) is 11.8. The molecule has 0 radical (unpaired) electrons. The van der Waals surface area contributed by atoms with Gasteiger partial charge in [0.25, 0.3) is 0 Å². The minimum absolute atomic E-state index is 0.192. The van der Waals surface area contributed by atoms with Crippen molar-refractivity contribution in [2.75, 3.05) is 6.54 Å². The Kier molecular flexibility index (Phi) is 4.37. The Labute approximate surface area is 91.7 Å².